The van der Waals surface area contributed by atoms with E-state index in [1.165, 1.54) is 5.56 Å². The minimum Gasteiger partial charge on any atom is -0.454 e. The van der Waals surface area contributed by atoms with Crippen molar-refractivity contribution in [3.8, 4) is 11.5 Å². The van der Waals surface area contributed by atoms with Gasteiger partial charge < -0.3 is 19.5 Å². The van der Waals surface area contributed by atoms with Crippen molar-refractivity contribution < 1.29 is 14.2 Å². The van der Waals surface area contributed by atoms with Crippen LogP contribution in [0.4, 0.5) is 0 Å². The standard InChI is InChI=1S/C12H15NO3/c1-8-2-3-9-12(16-7-15-9)11(8)10-6-13-4-5-14-10/h2-3,10,13H,4-7H2,1H3. The van der Waals surface area contributed by atoms with E-state index in [0.717, 1.165) is 36.8 Å². The SMILES string of the molecule is Cc1ccc2c(c1C1CNCCO1)OCO2. The number of benzene rings is 1. The lowest BCUT2D eigenvalue weighted by molar-refractivity contribution is 0.0256. The first kappa shape index (κ1) is 9.93. The first-order valence-electron chi connectivity index (χ1n) is 5.57. The van der Waals surface area contributed by atoms with Crippen LogP contribution in [0.2, 0.25) is 0 Å². The normalized spacial score (nSPS) is 23.4. The van der Waals surface area contributed by atoms with Gasteiger partial charge in [0.2, 0.25) is 6.79 Å². The summed E-state index contributed by atoms with van der Waals surface area (Å²) in [7, 11) is 0. The maximum absolute atomic E-state index is 5.77. The van der Waals surface area contributed by atoms with Crippen LogP contribution in [0.1, 0.15) is 17.2 Å². The first-order valence-corrected chi connectivity index (χ1v) is 5.57. The number of hydrogen-bond acceptors (Lipinski definition) is 4. The highest BCUT2D eigenvalue weighted by Crippen LogP contribution is 2.41. The lowest BCUT2D eigenvalue weighted by Gasteiger charge is -2.26. The van der Waals surface area contributed by atoms with E-state index in [9.17, 15) is 0 Å². The van der Waals surface area contributed by atoms with Crippen LogP contribution in [-0.2, 0) is 4.74 Å². The second-order valence-electron chi connectivity index (χ2n) is 4.09. The quantitative estimate of drug-likeness (QED) is 0.777. The molecule has 86 valence electrons. The van der Waals surface area contributed by atoms with Gasteiger partial charge in [0.15, 0.2) is 11.5 Å². The molecule has 0 bridgehead atoms. The molecule has 1 atom stereocenters. The van der Waals surface area contributed by atoms with E-state index in [2.05, 4.69) is 18.3 Å². The van der Waals surface area contributed by atoms with Crippen LogP contribution >= 0.6 is 0 Å². The number of ether oxygens (including phenoxy) is 3. The van der Waals surface area contributed by atoms with Crippen molar-refractivity contribution in [1.29, 1.82) is 0 Å². The first-order chi connectivity index (χ1) is 7.86. The highest BCUT2D eigenvalue weighted by atomic mass is 16.7. The predicted octanol–water partition coefficient (Wildman–Crippen LogP) is 1.38. The zero-order chi connectivity index (χ0) is 11.0. The molecule has 16 heavy (non-hydrogen) atoms. The maximum atomic E-state index is 5.77. The molecule has 1 fully saturated rings. The van der Waals surface area contributed by atoms with Crippen LogP contribution in [0, 0.1) is 6.92 Å². The molecule has 2 heterocycles. The molecule has 0 radical (unpaired) electrons. The second-order valence-corrected chi connectivity index (χ2v) is 4.09. The smallest absolute Gasteiger partial charge is 0.231 e. The Hall–Kier alpha value is -1.26. The van der Waals surface area contributed by atoms with Crippen LogP contribution < -0.4 is 14.8 Å². The molecule has 1 unspecified atom stereocenters. The Labute approximate surface area is 94.5 Å². The fourth-order valence-corrected chi connectivity index (χ4v) is 2.24. The summed E-state index contributed by atoms with van der Waals surface area (Å²) in [6.07, 6.45) is 0.0744. The van der Waals surface area contributed by atoms with Gasteiger partial charge in [0, 0.05) is 18.7 Å². The molecule has 0 spiro atoms. The number of rotatable bonds is 1. The Morgan fingerprint density at radius 2 is 2.25 bits per heavy atom. The zero-order valence-electron chi connectivity index (χ0n) is 9.29. The molecule has 0 amide bonds. The third-order valence-corrected chi connectivity index (χ3v) is 3.05. The van der Waals surface area contributed by atoms with Gasteiger partial charge in [0.05, 0.1) is 12.7 Å². The van der Waals surface area contributed by atoms with Gasteiger partial charge in [0.25, 0.3) is 0 Å². The zero-order valence-corrected chi connectivity index (χ0v) is 9.29. The monoisotopic (exact) mass is 221 g/mol. The average Bonchev–Trinajstić information content (AvgIpc) is 2.78. The summed E-state index contributed by atoms with van der Waals surface area (Å²) in [4.78, 5) is 0. The van der Waals surface area contributed by atoms with Crippen molar-refractivity contribution in [2.45, 2.75) is 13.0 Å². The van der Waals surface area contributed by atoms with Crippen LogP contribution in [0.25, 0.3) is 0 Å². The summed E-state index contributed by atoms with van der Waals surface area (Å²) >= 11 is 0. The van der Waals surface area contributed by atoms with Gasteiger partial charge in [-0.3, -0.25) is 0 Å². The summed E-state index contributed by atoms with van der Waals surface area (Å²) in [5.74, 6) is 1.68. The van der Waals surface area contributed by atoms with E-state index in [1.807, 2.05) is 6.07 Å². The van der Waals surface area contributed by atoms with Crippen molar-refractivity contribution in [1.82, 2.24) is 5.32 Å². The Kier molecular flexibility index (Phi) is 2.46. The lowest BCUT2D eigenvalue weighted by Crippen LogP contribution is -2.33. The molecule has 1 saturated heterocycles. The van der Waals surface area contributed by atoms with Crippen molar-refractivity contribution in [2.24, 2.45) is 0 Å². The van der Waals surface area contributed by atoms with Crippen LogP contribution in [-0.4, -0.2) is 26.5 Å². The molecule has 2 aliphatic rings. The molecule has 0 aliphatic carbocycles. The molecule has 1 aromatic rings. The number of aryl methyl sites for hydroxylation is 1. The second kappa shape index (κ2) is 3.96. The molecular weight excluding hydrogens is 206 g/mol. The minimum atomic E-state index is 0.0744. The maximum Gasteiger partial charge on any atom is 0.231 e. The summed E-state index contributed by atoms with van der Waals surface area (Å²) in [6.45, 7) is 4.89. The van der Waals surface area contributed by atoms with Gasteiger partial charge in [-0.05, 0) is 18.6 Å². The summed E-state index contributed by atoms with van der Waals surface area (Å²) in [6, 6.07) is 4.01. The molecule has 3 rings (SSSR count). The van der Waals surface area contributed by atoms with Gasteiger partial charge in [-0.25, -0.2) is 0 Å². The number of nitrogens with one attached hydrogen (secondary N) is 1. The topological polar surface area (TPSA) is 39.7 Å². The van der Waals surface area contributed by atoms with Crippen molar-refractivity contribution in [3.05, 3.63) is 23.3 Å². The van der Waals surface area contributed by atoms with Gasteiger partial charge in [-0.2, -0.15) is 0 Å². The molecule has 1 aromatic carbocycles. The Balaban J connectivity index is 2.01. The summed E-state index contributed by atoms with van der Waals surface area (Å²) in [5.41, 5.74) is 2.32. The van der Waals surface area contributed by atoms with E-state index in [-0.39, 0.29) is 6.10 Å². The number of morpholine rings is 1. The minimum absolute atomic E-state index is 0.0744. The van der Waals surface area contributed by atoms with Crippen molar-refractivity contribution in [3.63, 3.8) is 0 Å². The molecule has 0 saturated carbocycles. The third kappa shape index (κ3) is 1.54. The lowest BCUT2D eigenvalue weighted by atomic mass is 10.0. The Morgan fingerprint density at radius 1 is 1.31 bits per heavy atom. The van der Waals surface area contributed by atoms with Gasteiger partial charge in [-0.1, -0.05) is 6.07 Å². The van der Waals surface area contributed by atoms with Crippen molar-refractivity contribution in [2.75, 3.05) is 26.5 Å². The van der Waals surface area contributed by atoms with Gasteiger partial charge in [-0.15, -0.1) is 0 Å². The fourth-order valence-electron chi connectivity index (χ4n) is 2.24. The highest BCUT2D eigenvalue weighted by Gasteiger charge is 2.27. The average molecular weight is 221 g/mol. The van der Waals surface area contributed by atoms with Gasteiger partial charge in [0.1, 0.15) is 0 Å². The third-order valence-electron chi connectivity index (χ3n) is 3.05. The molecule has 2 aliphatic heterocycles. The van der Waals surface area contributed by atoms with Crippen molar-refractivity contribution >= 4 is 0 Å². The van der Waals surface area contributed by atoms with E-state index < -0.39 is 0 Å². The van der Waals surface area contributed by atoms with E-state index in [1.54, 1.807) is 0 Å². The fraction of sp³-hybridized carbons (Fsp3) is 0.500. The largest absolute Gasteiger partial charge is 0.454 e. The molecule has 0 aromatic heterocycles. The molecule has 4 nitrogen and oxygen atoms in total. The van der Waals surface area contributed by atoms with Crippen LogP contribution in [0.15, 0.2) is 12.1 Å². The van der Waals surface area contributed by atoms with E-state index in [0.29, 0.717) is 6.79 Å². The summed E-state index contributed by atoms with van der Waals surface area (Å²) < 4.78 is 16.7. The Morgan fingerprint density at radius 3 is 3.06 bits per heavy atom. The number of hydrogen-bond donors (Lipinski definition) is 1. The van der Waals surface area contributed by atoms with Gasteiger partial charge >= 0.3 is 0 Å². The van der Waals surface area contributed by atoms with E-state index in [4.69, 9.17) is 14.2 Å². The predicted molar refractivity (Wildman–Crippen MR) is 58.9 cm³/mol. The molecule has 4 heteroatoms. The molecular formula is C12H15NO3. The van der Waals surface area contributed by atoms with Crippen LogP contribution in [0.3, 0.4) is 0 Å². The summed E-state index contributed by atoms with van der Waals surface area (Å²) in [5, 5.41) is 3.33. The number of fused-ring (bicyclic) bond motifs is 1. The molecule has 1 N–H and O–H groups in total. The Bertz CT molecular complexity index is 399. The highest BCUT2D eigenvalue weighted by molar-refractivity contribution is 5.53. The van der Waals surface area contributed by atoms with Crippen LogP contribution in [0.5, 0.6) is 11.5 Å². The van der Waals surface area contributed by atoms with E-state index >= 15 is 0 Å².